The van der Waals surface area contributed by atoms with Gasteiger partial charge in [0.1, 0.15) is 5.15 Å². The highest BCUT2D eigenvalue weighted by molar-refractivity contribution is 6.29. The predicted octanol–water partition coefficient (Wildman–Crippen LogP) is 1.77. The van der Waals surface area contributed by atoms with Gasteiger partial charge in [0.05, 0.1) is 0 Å². The summed E-state index contributed by atoms with van der Waals surface area (Å²) in [7, 11) is 1.78. The minimum Gasteiger partial charge on any atom is -0.387 e. The van der Waals surface area contributed by atoms with Crippen LogP contribution >= 0.6 is 11.6 Å². The lowest BCUT2D eigenvalue weighted by Crippen LogP contribution is -1.95. The van der Waals surface area contributed by atoms with E-state index in [-0.39, 0.29) is 0 Å². The average Bonchev–Trinajstić information content (AvgIpc) is 2.04. The van der Waals surface area contributed by atoms with Crippen molar-refractivity contribution in [2.24, 2.45) is 0 Å². The lowest BCUT2D eigenvalue weighted by Gasteiger charge is -2.02. The lowest BCUT2D eigenvalue weighted by molar-refractivity contribution is 1.30. The number of aromatic nitrogens is 1. The minimum atomic E-state index is 0.431. The van der Waals surface area contributed by atoms with Crippen LogP contribution in [0.1, 0.15) is 5.56 Å². The lowest BCUT2D eigenvalue weighted by atomic mass is 10.2. The van der Waals surface area contributed by atoms with Crippen LogP contribution in [0.15, 0.2) is 12.3 Å². The number of anilines is 1. The number of pyridine rings is 1. The Labute approximate surface area is 69.9 Å². The van der Waals surface area contributed by atoms with E-state index in [9.17, 15) is 0 Å². The summed E-state index contributed by atoms with van der Waals surface area (Å²) in [6.07, 6.45) is 2.79. The van der Waals surface area contributed by atoms with E-state index in [1.807, 2.05) is 0 Å². The van der Waals surface area contributed by atoms with Crippen LogP contribution < -0.4 is 5.32 Å². The van der Waals surface area contributed by atoms with Gasteiger partial charge in [-0.25, -0.2) is 4.98 Å². The van der Waals surface area contributed by atoms with Crippen LogP contribution in [0.25, 0.3) is 0 Å². The predicted molar refractivity (Wildman–Crippen MR) is 46.7 cm³/mol. The van der Waals surface area contributed by atoms with Gasteiger partial charge < -0.3 is 10.7 Å². The first-order valence-corrected chi connectivity index (χ1v) is 3.49. The van der Waals surface area contributed by atoms with Gasteiger partial charge in [-0.2, -0.15) is 0 Å². The van der Waals surface area contributed by atoms with E-state index in [0.29, 0.717) is 5.15 Å². The van der Waals surface area contributed by atoms with Crippen molar-refractivity contribution < 1.29 is 0 Å². The normalized spacial score (nSPS) is 9.27. The molecule has 11 heavy (non-hydrogen) atoms. The zero-order valence-corrected chi connectivity index (χ0v) is 6.81. The second kappa shape index (κ2) is 3.34. The summed E-state index contributed by atoms with van der Waals surface area (Å²) in [6, 6.07) is 1.68. The van der Waals surface area contributed by atoms with Crippen LogP contribution in [-0.4, -0.2) is 18.2 Å². The van der Waals surface area contributed by atoms with Crippen LogP contribution in [0.5, 0.6) is 0 Å². The van der Waals surface area contributed by atoms with E-state index in [1.54, 1.807) is 19.3 Å². The maximum atomic E-state index is 7.01. The molecule has 4 heteroatoms. The van der Waals surface area contributed by atoms with Crippen molar-refractivity contribution in [3.8, 4) is 0 Å². The molecule has 0 bridgehead atoms. The summed E-state index contributed by atoms with van der Waals surface area (Å²) in [5.74, 6) is 0. The molecule has 0 unspecified atom stereocenters. The molecule has 0 aliphatic rings. The third-order valence-electron chi connectivity index (χ3n) is 1.33. The molecule has 1 heterocycles. The van der Waals surface area contributed by atoms with Crippen molar-refractivity contribution in [3.05, 3.63) is 23.0 Å². The quantitative estimate of drug-likeness (QED) is 0.524. The number of nitrogens with zero attached hydrogens (tertiary/aromatic N) is 1. The fourth-order valence-corrected chi connectivity index (χ4v) is 0.930. The van der Waals surface area contributed by atoms with Crippen LogP contribution in [0.3, 0.4) is 0 Å². The average molecular weight is 170 g/mol. The van der Waals surface area contributed by atoms with E-state index in [4.69, 9.17) is 17.0 Å². The molecule has 0 aliphatic heterocycles. The maximum absolute atomic E-state index is 7.01. The van der Waals surface area contributed by atoms with Gasteiger partial charge in [-0.15, -0.1) is 0 Å². The molecule has 1 aromatic rings. The largest absolute Gasteiger partial charge is 0.387 e. The highest BCUT2D eigenvalue weighted by Gasteiger charge is 1.98. The van der Waals surface area contributed by atoms with Crippen molar-refractivity contribution in [3.63, 3.8) is 0 Å². The molecule has 2 N–H and O–H groups in total. The molecule has 1 rings (SSSR count). The molecule has 58 valence electrons. The first kappa shape index (κ1) is 8.01. The molecule has 0 aliphatic carbocycles. The van der Waals surface area contributed by atoms with Crippen molar-refractivity contribution in [2.45, 2.75) is 0 Å². The van der Waals surface area contributed by atoms with Gasteiger partial charge in [-0.05, 0) is 6.07 Å². The van der Waals surface area contributed by atoms with Gasteiger partial charge in [0.15, 0.2) is 0 Å². The first-order chi connectivity index (χ1) is 5.27. The summed E-state index contributed by atoms with van der Waals surface area (Å²) >= 11 is 5.63. The number of nitrogens with one attached hydrogen (secondary N) is 2. The highest BCUT2D eigenvalue weighted by Crippen LogP contribution is 2.15. The van der Waals surface area contributed by atoms with Gasteiger partial charge in [0, 0.05) is 30.7 Å². The smallest absolute Gasteiger partial charge is 0.131 e. The molecule has 0 saturated heterocycles. The van der Waals surface area contributed by atoms with Crippen molar-refractivity contribution in [1.29, 1.82) is 5.41 Å². The molecule has 0 spiro atoms. The van der Waals surface area contributed by atoms with Crippen LogP contribution in [-0.2, 0) is 0 Å². The summed E-state index contributed by atoms with van der Waals surface area (Å²) in [6.45, 7) is 0. The second-order valence-corrected chi connectivity index (χ2v) is 2.38. The number of hydrogen-bond acceptors (Lipinski definition) is 3. The van der Waals surface area contributed by atoms with Gasteiger partial charge in [-0.1, -0.05) is 11.6 Å². The van der Waals surface area contributed by atoms with E-state index >= 15 is 0 Å². The van der Waals surface area contributed by atoms with Crippen LogP contribution in [0, 0.1) is 5.41 Å². The molecule has 0 radical (unpaired) electrons. The van der Waals surface area contributed by atoms with Crippen LogP contribution in [0.2, 0.25) is 5.15 Å². The zero-order chi connectivity index (χ0) is 8.27. The molecule has 0 amide bonds. The second-order valence-electron chi connectivity index (χ2n) is 1.99. The van der Waals surface area contributed by atoms with Gasteiger partial charge in [0.2, 0.25) is 0 Å². The van der Waals surface area contributed by atoms with E-state index in [2.05, 4.69) is 10.3 Å². The molecular formula is C7H8ClN3. The van der Waals surface area contributed by atoms with E-state index in [0.717, 1.165) is 11.3 Å². The molecule has 0 aromatic carbocycles. The third-order valence-corrected chi connectivity index (χ3v) is 1.53. The Balaban J connectivity index is 3.16. The number of hydrogen-bond donors (Lipinski definition) is 2. The molecular weight excluding hydrogens is 162 g/mol. The van der Waals surface area contributed by atoms with E-state index < -0.39 is 0 Å². The van der Waals surface area contributed by atoms with Crippen molar-refractivity contribution in [1.82, 2.24) is 4.98 Å². The Hall–Kier alpha value is -1.09. The standard InChI is InChI=1S/C7H8ClN3/c1-10-6-2-7(8)11-4-5(6)3-9/h2-4,9H,1H3,(H,10,11). The molecule has 0 saturated carbocycles. The summed E-state index contributed by atoms with van der Waals surface area (Å²) in [5, 5.41) is 10.4. The monoisotopic (exact) mass is 169 g/mol. The minimum absolute atomic E-state index is 0.431. The Morgan fingerprint density at radius 2 is 2.45 bits per heavy atom. The Bertz CT molecular complexity index is 272. The highest BCUT2D eigenvalue weighted by atomic mass is 35.5. The van der Waals surface area contributed by atoms with Gasteiger partial charge in [0.25, 0.3) is 0 Å². The first-order valence-electron chi connectivity index (χ1n) is 3.11. The molecule has 1 aromatic heterocycles. The fraction of sp³-hybridized carbons (Fsp3) is 0.143. The fourth-order valence-electron chi connectivity index (χ4n) is 0.772. The summed E-state index contributed by atoms with van der Waals surface area (Å²) < 4.78 is 0. The van der Waals surface area contributed by atoms with Crippen molar-refractivity contribution >= 4 is 23.5 Å². The topological polar surface area (TPSA) is 48.8 Å². The van der Waals surface area contributed by atoms with E-state index in [1.165, 1.54) is 6.21 Å². The summed E-state index contributed by atoms with van der Waals surface area (Å²) in [4.78, 5) is 3.83. The molecule has 3 nitrogen and oxygen atoms in total. The van der Waals surface area contributed by atoms with Crippen molar-refractivity contribution in [2.75, 3.05) is 12.4 Å². The maximum Gasteiger partial charge on any atom is 0.131 e. The molecule has 0 atom stereocenters. The van der Waals surface area contributed by atoms with Crippen LogP contribution in [0.4, 0.5) is 5.69 Å². The van der Waals surface area contributed by atoms with Gasteiger partial charge >= 0.3 is 0 Å². The zero-order valence-electron chi connectivity index (χ0n) is 6.06. The summed E-state index contributed by atoms with van der Waals surface area (Å²) in [5.41, 5.74) is 1.55. The third kappa shape index (κ3) is 1.68. The number of rotatable bonds is 2. The Kier molecular flexibility index (Phi) is 2.44. The number of halogens is 1. The molecule has 0 fully saturated rings. The Morgan fingerprint density at radius 3 is 3.00 bits per heavy atom. The Morgan fingerprint density at radius 1 is 1.73 bits per heavy atom. The SMILES string of the molecule is CNc1cc(Cl)ncc1C=N. The van der Waals surface area contributed by atoms with Gasteiger partial charge in [-0.3, -0.25) is 0 Å².